The number of methoxy groups -OCH3 is 2. The smallest absolute Gasteiger partial charge is 0.240 e. The third-order valence-electron chi connectivity index (χ3n) is 3.80. The van der Waals surface area contributed by atoms with E-state index in [4.69, 9.17) is 9.47 Å². The van der Waals surface area contributed by atoms with Gasteiger partial charge >= 0.3 is 0 Å². The molecule has 2 aromatic carbocycles. The number of nitrogens with one attached hydrogen (secondary N) is 2. The first-order valence-corrected chi connectivity index (χ1v) is 9.09. The molecule has 7 nitrogen and oxygen atoms in total. The van der Waals surface area contributed by atoms with Crippen molar-refractivity contribution in [1.82, 2.24) is 5.32 Å². The van der Waals surface area contributed by atoms with Crippen molar-refractivity contribution in [3.8, 4) is 11.5 Å². The number of thioether (sulfide) groups is 1. The Bertz CT molecular complexity index is 868. The van der Waals surface area contributed by atoms with Crippen LogP contribution in [0.15, 0.2) is 53.5 Å². The van der Waals surface area contributed by atoms with Crippen LogP contribution in [-0.4, -0.2) is 36.5 Å². The van der Waals surface area contributed by atoms with E-state index < -0.39 is 5.25 Å². The van der Waals surface area contributed by atoms with E-state index in [1.165, 1.54) is 11.8 Å². The van der Waals surface area contributed by atoms with Crippen LogP contribution in [0.2, 0.25) is 0 Å². The third-order valence-corrected chi connectivity index (χ3v) is 4.89. The number of ether oxygens (including phenoxy) is 2. The van der Waals surface area contributed by atoms with Gasteiger partial charge in [0.2, 0.25) is 11.8 Å². The van der Waals surface area contributed by atoms with Gasteiger partial charge in [-0.05, 0) is 36.4 Å². The number of anilines is 1. The van der Waals surface area contributed by atoms with Crippen LogP contribution < -0.4 is 20.1 Å². The summed E-state index contributed by atoms with van der Waals surface area (Å²) in [7, 11) is 3.16. The van der Waals surface area contributed by atoms with Crippen molar-refractivity contribution in [2.24, 2.45) is 4.99 Å². The molecule has 27 heavy (non-hydrogen) atoms. The Morgan fingerprint density at radius 2 is 1.89 bits per heavy atom. The highest BCUT2D eigenvalue weighted by molar-refractivity contribution is 8.15. The molecular weight excluding hydrogens is 366 g/mol. The Balaban J connectivity index is 1.59. The molecule has 0 saturated carbocycles. The topological polar surface area (TPSA) is 89.0 Å². The van der Waals surface area contributed by atoms with Gasteiger partial charge in [0.05, 0.1) is 19.9 Å². The second kappa shape index (κ2) is 8.59. The third kappa shape index (κ3) is 5.01. The van der Waals surface area contributed by atoms with Gasteiger partial charge in [-0.15, -0.1) is 0 Å². The summed E-state index contributed by atoms with van der Waals surface area (Å²) >= 11 is 1.24. The maximum absolute atomic E-state index is 12.2. The van der Waals surface area contributed by atoms with E-state index >= 15 is 0 Å². The van der Waals surface area contributed by atoms with E-state index in [1.54, 1.807) is 44.6 Å². The number of rotatable bonds is 6. The zero-order valence-electron chi connectivity index (χ0n) is 14.9. The Morgan fingerprint density at radius 1 is 1.15 bits per heavy atom. The van der Waals surface area contributed by atoms with Crippen LogP contribution in [0, 0.1) is 0 Å². The van der Waals surface area contributed by atoms with Crippen molar-refractivity contribution < 1.29 is 19.1 Å². The van der Waals surface area contributed by atoms with Crippen molar-refractivity contribution in [2.45, 2.75) is 11.7 Å². The Morgan fingerprint density at radius 3 is 2.59 bits per heavy atom. The average molecular weight is 385 g/mol. The van der Waals surface area contributed by atoms with Crippen LogP contribution in [0.4, 0.5) is 11.4 Å². The minimum atomic E-state index is -0.521. The first kappa shape index (κ1) is 18.8. The molecule has 0 aliphatic carbocycles. The molecule has 1 saturated heterocycles. The summed E-state index contributed by atoms with van der Waals surface area (Å²) < 4.78 is 10.2. The number of hydrogen-bond donors (Lipinski definition) is 2. The van der Waals surface area contributed by atoms with Gasteiger partial charge in [0.25, 0.3) is 0 Å². The van der Waals surface area contributed by atoms with Gasteiger partial charge in [0, 0.05) is 18.2 Å². The van der Waals surface area contributed by atoms with E-state index in [-0.39, 0.29) is 18.2 Å². The summed E-state index contributed by atoms with van der Waals surface area (Å²) in [5.41, 5.74) is 1.31. The second-order valence-electron chi connectivity index (χ2n) is 5.69. The van der Waals surface area contributed by atoms with Gasteiger partial charge in [-0.25, -0.2) is 4.99 Å². The number of aliphatic imine (C=N–C) groups is 1. The zero-order chi connectivity index (χ0) is 19.2. The summed E-state index contributed by atoms with van der Waals surface area (Å²) in [5, 5.41) is 5.43. The van der Waals surface area contributed by atoms with Gasteiger partial charge in [-0.1, -0.05) is 17.8 Å². The molecule has 1 aliphatic heterocycles. The molecule has 1 atom stereocenters. The SMILES string of the molecule is COc1ccc(NC(=O)C[C@@H]2SC(=Nc3cccc(OC)c3)NC2=O)cc1. The van der Waals surface area contributed by atoms with Gasteiger partial charge in [-0.3, -0.25) is 9.59 Å². The van der Waals surface area contributed by atoms with Gasteiger partial charge in [-0.2, -0.15) is 0 Å². The molecule has 1 aliphatic rings. The molecular formula is C19H19N3O4S. The molecule has 0 aromatic heterocycles. The summed E-state index contributed by atoms with van der Waals surface area (Å²) in [6.45, 7) is 0. The van der Waals surface area contributed by atoms with Crippen LogP contribution in [-0.2, 0) is 9.59 Å². The number of benzene rings is 2. The lowest BCUT2D eigenvalue weighted by Gasteiger charge is -2.08. The van der Waals surface area contributed by atoms with Crippen molar-refractivity contribution in [3.63, 3.8) is 0 Å². The highest BCUT2D eigenvalue weighted by atomic mass is 32.2. The Kier molecular flexibility index (Phi) is 5.97. The molecule has 0 radical (unpaired) electrons. The lowest BCUT2D eigenvalue weighted by molar-refractivity contribution is -0.122. The number of nitrogens with zero attached hydrogens (tertiary/aromatic N) is 1. The lowest BCUT2D eigenvalue weighted by Crippen LogP contribution is -2.28. The number of carbonyl (C=O) groups excluding carboxylic acids is 2. The van der Waals surface area contributed by atoms with Gasteiger partial charge < -0.3 is 20.1 Å². The maximum Gasteiger partial charge on any atom is 0.240 e. The number of hydrogen-bond acceptors (Lipinski definition) is 6. The number of amidine groups is 1. The average Bonchev–Trinajstić information content (AvgIpc) is 3.01. The molecule has 0 unspecified atom stereocenters. The highest BCUT2D eigenvalue weighted by Crippen LogP contribution is 2.27. The van der Waals surface area contributed by atoms with E-state index in [0.717, 1.165) is 0 Å². The largest absolute Gasteiger partial charge is 0.497 e. The first-order chi connectivity index (χ1) is 13.1. The zero-order valence-corrected chi connectivity index (χ0v) is 15.7. The van der Waals surface area contributed by atoms with Crippen molar-refractivity contribution in [2.75, 3.05) is 19.5 Å². The lowest BCUT2D eigenvalue weighted by atomic mass is 10.2. The summed E-state index contributed by atoms with van der Waals surface area (Å²) in [5.74, 6) is 0.917. The summed E-state index contributed by atoms with van der Waals surface area (Å²) in [4.78, 5) is 28.8. The van der Waals surface area contributed by atoms with Crippen molar-refractivity contribution in [3.05, 3.63) is 48.5 Å². The van der Waals surface area contributed by atoms with E-state index in [0.29, 0.717) is 28.0 Å². The van der Waals surface area contributed by atoms with E-state index in [9.17, 15) is 9.59 Å². The highest BCUT2D eigenvalue weighted by Gasteiger charge is 2.32. The summed E-state index contributed by atoms with van der Waals surface area (Å²) in [6, 6.07) is 14.2. The van der Waals surface area contributed by atoms with Gasteiger partial charge in [0.15, 0.2) is 5.17 Å². The maximum atomic E-state index is 12.2. The predicted octanol–water partition coefficient (Wildman–Crippen LogP) is 2.95. The monoisotopic (exact) mass is 385 g/mol. The number of amides is 2. The first-order valence-electron chi connectivity index (χ1n) is 8.21. The molecule has 8 heteroatoms. The normalized spacial score (nSPS) is 17.5. The minimum absolute atomic E-state index is 0.0552. The van der Waals surface area contributed by atoms with E-state index in [2.05, 4.69) is 15.6 Å². The van der Waals surface area contributed by atoms with Crippen LogP contribution in [0.5, 0.6) is 11.5 Å². The Hall–Kier alpha value is -3.00. The summed E-state index contributed by atoms with van der Waals surface area (Å²) in [6.07, 6.45) is 0.0552. The standard InChI is InChI=1S/C19H19N3O4S/c1-25-14-8-6-12(7-9-14)20-17(23)11-16-18(24)22-19(27-16)21-13-4-3-5-15(10-13)26-2/h3-10,16H,11H2,1-2H3,(H,20,23)(H,21,22,24)/t16-/m0/s1. The molecule has 3 rings (SSSR count). The van der Waals surface area contributed by atoms with Crippen molar-refractivity contribution >= 4 is 40.1 Å². The quantitative estimate of drug-likeness (QED) is 0.798. The molecule has 2 amide bonds. The fraction of sp³-hybridized carbons (Fsp3) is 0.211. The fourth-order valence-electron chi connectivity index (χ4n) is 2.44. The molecule has 0 bridgehead atoms. The minimum Gasteiger partial charge on any atom is -0.497 e. The van der Waals surface area contributed by atoms with Crippen LogP contribution in [0.3, 0.4) is 0 Å². The predicted molar refractivity (Wildman–Crippen MR) is 106 cm³/mol. The Labute approximate surface area is 161 Å². The van der Waals surface area contributed by atoms with Crippen LogP contribution in [0.1, 0.15) is 6.42 Å². The van der Waals surface area contributed by atoms with Crippen molar-refractivity contribution in [1.29, 1.82) is 0 Å². The fourth-order valence-corrected chi connectivity index (χ4v) is 3.43. The molecule has 140 valence electrons. The molecule has 2 N–H and O–H groups in total. The van der Waals surface area contributed by atoms with E-state index in [1.807, 2.05) is 18.2 Å². The molecule has 0 spiro atoms. The second-order valence-corrected chi connectivity index (χ2v) is 6.89. The van der Waals surface area contributed by atoms with Crippen LogP contribution >= 0.6 is 11.8 Å². The molecule has 2 aromatic rings. The molecule has 1 fully saturated rings. The number of carbonyl (C=O) groups is 2. The molecule has 1 heterocycles. The van der Waals surface area contributed by atoms with Gasteiger partial charge in [0.1, 0.15) is 16.7 Å². The van der Waals surface area contributed by atoms with Crippen LogP contribution in [0.25, 0.3) is 0 Å².